The molecule has 0 spiro atoms. The number of hydrogen-bond donors (Lipinski definition) is 0. The zero-order valence-electron chi connectivity index (χ0n) is 13.6. The van der Waals surface area contributed by atoms with Gasteiger partial charge in [0.05, 0.1) is 12.5 Å². The van der Waals surface area contributed by atoms with Crippen molar-refractivity contribution in [2.75, 3.05) is 19.7 Å². The molecule has 1 aliphatic heterocycles. The Morgan fingerprint density at radius 1 is 1.19 bits per heavy atom. The molecule has 1 saturated carbocycles. The van der Waals surface area contributed by atoms with Gasteiger partial charge in [-0.3, -0.25) is 4.79 Å². The fraction of sp³-hybridized carbons (Fsp3) is 0.875. The van der Waals surface area contributed by atoms with E-state index in [1.54, 1.807) is 4.90 Å². The van der Waals surface area contributed by atoms with Gasteiger partial charge >= 0.3 is 12.1 Å². The Labute approximate surface area is 127 Å². The summed E-state index contributed by atoms with van der Waals surface area (Å²) in [5, 5.41) is 0. The van der Waals surface area contributed by atoms with Crippen LogP contribution in [0.4, 0.5) is 4.79 Å². The number of esters is 1. The van der Waals surface area contributed by atoms with E-state index in [2.05, 4.69) is 0 Å². The van der Waals surface area contributed by atoms with Gasteiger partial charge in [-0.15, -0.1) is 0 Å². The summed E-state index contributed by atoms with van der Waals surface area (Å²) in [6.45, 7) is 9.30. The Balaban J connectivity index is 1.92. The second kappa shape index (κ2) is 6.24. The fourth-order valence-corrected chi connectivity index (χ4v) is 3.53. The standard InChI is InChI=1S/C16H27NO4/c1-5-20-14(18)13-7-6-11-10-17(9-8-12(11)13)15(19)21-16(2,3)4/h11-13H,5-10H2,1-4H3. The molecule has 0 N–H and O–H groups in total. The number of piperidine rings is 1. The Morgan fingerprint density at radius 2 is 1.90 bits per heavy atom. The van der Waals surface area contributed by atoms with Crippen LogP contribution in [-0.2, 0) is 14.3 Å². The minimum atomic E-state index is -0.461. The number of amides is 1. The van der Waals surface area contributed by atoms with Crippen LogP contribution in [0, 0.1) is 17.8 Å². The molecule has 0 radical (unpaired) electrons. The van der Waals surface area contributed by atoms with Crippen molar-refractivity contribution in [3.63, 3.8) is 0 Å². The summed E-state index contributed by atoms with van der Waals surface area (Å²) < 4.78 is 10.6. The van der Waals surface area contributed by atoms with Crippen molar-refractivity contribution in [1.82, 2.24) is 4.90 Å². The molecule has 0 aromatic heterocycles. The third-order valence-electron chi connectivity index (χ3n) is 4.40. The number of carbonyl (C=O) groups excluding carboxylic acids is 2. The van der Waals surface area contributed by atoms with E-state index in [1.165, 1.54) is 0 Å². The average Bonchev–Trinajstić information content (AvgIpc) is 2.79. The van der Waals surface area contributed by atoms with Gasteiger partial charge in [0, 0.05) is 13.1 Å². The molecule has 1 saturated heterocycles. The SMILES string of the molecule is CCOC(=O)C1CCC2CN(C(=O)OC(C)(C)C)CCC21. The Kier molecular flexibility index (Phi) is 4.79. The highest BCUT2D eigenvalue weighted by molar-refractivity contribution is 5.73. The van der Waals surface area contributed by atoms with E-state index in [0.717, 1.165) is 19.3 Å². The number of fused-ring (bicyclic) bond motifs is 1. The van der Waals surface area contributed by atoms with Crippen molar-refractivity contribution < 1.29 is 19.1 Å². The number of carbonyl (C=O) groups is 2. The fourth-order valence-electron chi connectivity index (χ4n) is 3.53. The lowest BCUT2D eigenvalue weighted by Gasteiger charge is -2.37. The largest absolute Gasteiger partial charge is 0.466 e. The maximum Gasteiger partial charge on any atom is 0.410 e. The summed E-state index contributed by atoms with van der Waals surface area (Å²) in [4.78, 5) is 25.9. The molecule has 21 heavy (non-hydrogen) atoms. The highest BCUT2D eigenvalue weighted by Crippen LogP contribution is 2.43. The number of hydrogen-bond acceptors (Lipinski definition) is 4. The van der Waals surface area contributed by atoms with E-state index in [-0.39, 0.29) is 18.0 Å². The lowest BCUT2D eigenvalue weighted by atomic mass is 9.83. The summed E-state index contributed by atoms with van der Waals surface area (Å²) in [5.74, 6) is 0.731. The van der Waals surface area contributed by atoms with Gasteiger partial charge in [-0.05, 0) is 58.8 Å². The van der Waals surface area contributed by atoms with Gasteiger partial charge in [-0.25, -0.2) is 4.79 Å². The van der Waals surface area contributed by atoms with Crippen LogP contribution < -0.4 is 0 Å². The summed E-state index contributed by atoms with van der Waals surface area (Å²) in [5.41, 5.74) is -0.461. The number of ether oxygens (including phenoxy) is 2. The molecule has 1 heterocycles. The highest BCUT2D eigenvalue weighted by atomic mass is 16.6. The maximum absolute atomic E-state index is 12.1. The van der Waals surface area contributed by atoms with Gasteiger partial charge in [0.2, 0.25) is 0 Å². The van der Waals surface area contributed by atoms with E-state index in [0.29, 0.717) is 31.5 Å². The van der Waals surface area contributed by atoms with Crippen molar-refractivity contribution in [2.45, 2.75) is 52.6 Å². The molecular formula is C16H27NO4. The van der Waals surface area contributed by atoms with Gasteiger partial charge in [-0.2, -0.15) is 0 Å². The van der Waals surface area contributed by atoms with Crippen LogP contribution in [0.3, 0.4) is 0 Å². The minimum Gasteiger partial charge on any atom is -0.466 e. The third kappa shape index (κ3) is 3.89. The van der Waals surface area contributed by atoms with Gasteiger partial charge in [0.1, 0.15) is 5.60 Å². The van der Waals surface area contributed by atoms with Crippen molar-refractivity contribution in [3.8, 4) is 0 Å². The third-order valence-corrected chi connectivity index (χ3v) is 4.40. The van der Waals surface area contributed by atoms with Crippen LogP contribution in [0.2, 0.25) is 0 Å². The van der Waals surface area contributed by atoms with E-state index in [4.69, 9.17) is 9.47 Å². The second-order valence-electron chi connectivity index (χ2n) is 7.07. The molecule has 2 fully saturated rings. The molecule has 1 amide bonds. The van der Waals surface area contributed by atoms with Crippen molar-refractivity contribution in [1.29, 1.82) is 0 Å². The molecule has 2 aliphatic rings. The first-order chi connectivity index (χ1) is 9.81. The molecule has 0 aromatic carbocycles. The molecule has 5 heteroatoms. The Bertz CT molecular complexity index is 402. The number of nitrogens with zero attached hydrogens (tertiary/aromatic N) is 1. The average molecular weight is 297 g/mol. The van der Waals surface area contributed by atoms with E-state index in [9.17, 15) is 9.59 Å². The first kappa shape index (κ1) is 16.1. The Morgan fingerprint density at radius 3 is 2.52 bits per heavy atom. The summed E-state index contributed by atoms with van der Waals surface area (Å²) in [6, 6.07) is 0. The van der Waals surface area contributed by atoms with Crippen molar-refractivity contribution in [3.05, 3.63) is 0 Å². The molecule has 3 atom stereocenters. The van der Waals surface area contributed by atoms with Crippen LogP contribution in [0.5, 0.6) is 0 Å². The van der Waals surface area contributed by atoms with Crippen LogP contribution >= 0.6 is 0 Å². The molecule has 1 aliphatic carbocycles. The van der Waals surface area contributed by atoms with Gasteiger partial charge in [-0.1, -0.05) is 0 Å². The van der Waals surface area contributed by atoms with Crippen LogP contribution in [0.15, 0.2) is 0 Å². The van der Waals surface area contributed by atoms with Crippen molar-refractivity contribution in [2.24, 2.45) is 17.8 Å². The molecule has 120 valence electrons. The number of likely N-dealkylation sites (tertiary alicyclic amines) is 1. The minimum absolute atomic E-state index is 0.0238. The molecule has 3 unspecified atom stereocenters. The van der Waals surface area contributed by atoms with E-state index in [1.807, 2.05) is 27.7 Å². The molecule has 2 rings (SSSR count). The molecule has 0 aromatic rings. The topological polar surface area (TPSA) is 55.8 Å². The van der Waals surface area contributed by atoms with Crippen LogP contribution in [0.1, 0.15) is 47.0 Å². The van der Waals surface area contributed by atoms with E-state index < -0.39 is 5.60 Å². The maximum atomic E-state index is 12.1. The first-order valence-electron chi connectivity index (χ1n) is 7.96. The Hall–Kier alpha value is -1.26. The predicted octanol–water partition coefficient (Wildman–Crippen LogP) is 2.83. The van der Waals surface area contributed by atoms with Crippen LogP contribution in [-0.4, -0.2) is 42.3 Å². The number of rotatable bonds is 2. The monoisotopic (exact) mass is 297 g/mol. The quantitative estimate of drug-likeness (QED) is 0.735. The van der Waals surface area contributed by atoms with Gasteiger partial charge in [0.25, 0.3) is 0 Å². The second-order valence-corrected chi connectivity index (χ2v) is 7.07. The summed E-state index contributed by atoms with van der Waals surface area (Å²) >= 11 is 0. The lowest BCUT2D eigenvalue weighted by molar-refractivity contribution is -0.150. The zero-order chi connectivity index (χ0) is 15.6. The molecule has 0 bridgehead atoms. The normalized spacial score (nSPS) is 29.0. The summed E-state index contributed by atoms with van der Waals surface area (Å²) in [6.07, 6.45) is 2.51. The molecule has 5 nitrogen and oxygen atoms in total. The smallest absolute Gasteiger partial charge is 0.410 e. The summed E-state index contributed by atoms with van der Waals surface area (Å²) in [7, 11) is 0. The predicted molar refractivity (Wildman–Crippen MR) is 78.8 cm³/mol. The van der Waals surface area contributed by atoms with E-state index >= 15 is 0 Å². The first-order valence-corrected chi connectivity index (χ1v) is 7.96. The molecular weight excluding hydrogens is 270 g/mol. The van der Waals surface area contributed by atoms with Crippen LogP contribution in [0.25, 0.3) is 0 Å². The van der Waals surface area contributed by atoms with Gasteiger partial charge in [0.15, 0.2) is 0 Å². The van der Waals surface area contributed by atoms with Gasteiger partial charge < -0.3 is 14.4 Å². The zero-order valence-corrected chi connectivity index (χ0v) is 13.6. The lowest BCUT2D eigenvalue weighted by Crippen LogP contribution is -2.46. The highest BCUT2D eigenvalue weighted by Gasteiger charge is 2.44. The van der Waals surface area contributed by atoms with Crippen molar-refractivity contribution >= 4 is 12.1 Å².